The number of rotatable bonds is 6. The normalized spacial score (nSPS) is 10.9. The monoisotopic (exact) mass is 376 g/mol. The van der Waals surface area contributed by atoms with Crippen molar-refractivity contribution in [2.75, 3.05) is 18.5 Å². The Balaban J connectivity index is 1.83. The Bertz CT molecular complexity index is 1040. The van der Waals surface area contributed by atoms with E-state index in [1.807, 2.05) is 67.4 Å². The van der Waals surface area contributed by atoms with Crippen LogP contribution in [0.15, 0.2) is 53.6 Å². The Hall–Kier alpha value is -3.24. The highest BCUT2D eigenvalue weighted by molar-refractivity contribution is 7.71. The summed E-state index contributed by atoms with van der Waals surface area (Å²) >= 11 is 5.33. The molecule has 2 aromatic carbocycles. The summed E-state index contributed by atoms with van der Waals surface area (Å²) in [4.78, 5) is 2.05. The molecule has 0 radical (unpaired) electrons. The van der Waals surface area contributed by atoms with Crippen LogP contribution >= 0.6 is 12.2 Å². The molecule has 1 N–H and O–H groups in total. The first-order valence-corrected chi connectivity index (χ1v) is 8.97. The van der Waals surface area contributed by atoms with Crippen LogP contribution in [0.25, 0.3) is 11.4 Å². The van der Waals surface area contributed by atoms with E-state index in [0.29, 0.717) is 23.6 Å². The molecular weight excluding hydrogens is 356 g/mol. The van der Waals surface area contributed by atoms with E-state index in [4.69, 9.17) is 17.5 Å². The molecule has 0 unspecified atom stereocenters. The zero-order valence-electron chi connectivity index (χ0n) is 15.3. The van der Waals surface area contributed by atoms with Gasteiger partial charge in [0.2, 0.25) is 4.77 Å². The van der Waals surface area contributed by atoms with Crippen LogP contribution in [0.3, 0.4) is 0 Å². The molecule has 0 aliphatic rings. The third-order valence-electron chi connectivity index (χ3n) is 4.25. The lowest BCUT2D eigenvalue weighted by Crippen LogP contribution is -2.17. The maximum atomic E-state index is 8.70. The number of hydrogen-bond acceptors (Lipinski definition) is 5. The van der Waals surface area contributed by atoms with Gasteiger partial charge in [-0.25, -0.2) is 5.10 Å². The van der Waals surface area contributed by atoms with Crippen LogP contribution in [-0.2, 0) is 0 Å². The maximum absolute atomic E-state index is 8.70. The van der Waals surface area contributed by atoms with Crippen LogP contribution < -0.4 is 4.90 Å². The van der Waals surface area contributed by atoms with E-state index < -0.39 is 0 Å². The van der Waals surface area contributed by atoms with Crippen molar-refractivity contribution in [1.29, 1.82) is 5.26 Å². The van der Waals surface area contributed by atoms with Crippen molar-refractivity contribution in [3.63, 3.8) is 0 Å². The minimum Gasteiger partial charge on any atom is -0.374 e. The molecule has 136 valence electrons. The summed E-state index contributed by atoms with van der Waals surface area (Å²) in [6.45, 7) is 2.73. The van der Waals surface area contributed by atoms with Crippen molar-refractivity contribution in [3.8, 4) is 17.5 Å². The van der Waals surface area contributed by atoms with Gasteiger partial charge in [0.15, 0.2) is 5.82 Å². The Labute approximate surface area is 163 Å². The topological polar surface area (TPSA) is 73.0 Å². The van der Waals surface area contributed by atoms with Gasteiger partial charge in [0, 0.05) is 24.8 Å². The van der Waals surface area contributed by atoms with E-state index in [2.05, 4.69) is 21.4 Å². The van der Waals surface area contributed by atoms with Crippen molar-refractivity contribution in [1.82, 2.24) is 14.9 Å². The highest BCUT2D eigenvalue weighted by Gasteiger charge is 2.10. The zero-order valence-corrected chi connectivity index (χ0v) is 16.1. The molecule has 0 saturated heterocycles. The molecule has 0 fully saturated rings. The lowest BCUT2D eigenvalue weighted by Gasteiger charge is -2.17. The van der Waals surface area contributed by atoms with E-state index in [0.717, 1.165) is 22.4 Å². The fourth-order valence-corrected chi connectivity index (χ4v) is 2.86. The number of nitriles is 1. The summed E-state index contributed by atoms with van der Waals surface area (Å²) in [5.74, 6) is 0.683. The van der Waals surface area contributed by atoms with Crippen molar-refractivity contribution in [2.45, 2.75) is 13.3 Å². The van der Waals surface area contributed by atoms with Crippen LogP contribution in [0.4, 0.5) is 5.69 Å². The smallest absolute Gasteiger partial charge is 0.216 e. The number of aryl methyl sites for hydroxylation is 1. The van der Waals surface area contributed by atoms with Gasteiger partial charge in [0.05, 0.1) is 18.7 Å². The Morgan fingerprint density at radius 3 is 2.70 bits per heavy atom. The summed E-state index contributed by atoms with van der Waals surface area (Å²) in [6.07, 6.45) is 2.26. The van der Waals surface area contributed by atoms with Gasteiger partial charge >= 0.3 is 0 Å². The Kier molecular flexibility index (Phi) is 5.79. The third-order valence-corrected chi connectivity index (χ3v) is 4.52. The van der Waals surface area contributed by atoms with Gasteiger partial charge in [-0.1, -0.05) is 36.4 Å². The number of H-pyrrole nitrogens is 1. The fraction of sp³-hybridized carbons (Fsp3) is 0.200. The summed E-state index contributed by atoms with van der Waals surface area (Å²) in [7, 11) is 1.97. The largest absolute Gasteiger partial charge is 0.374 e. The van der Waals surface area contributed by atoms with Crippen LogP contribution in [0.5, 0.6) is 0 Å². The molecule has 0 aliphatic heterocycles. The van der Waals surface area contributed by atoms with Gasteiger partial charge in [-0.05, 0) is 42.4 Å². The van der Waals surface area contributed by atoms with E-state index in [1.165, 1.54) is 0 Å². The second-order valence-electron chi connectivity index (χ2n) is 6.14. The summed E-state index contributed by atoms with van der Waals surface area (Å²) < 4.78 is 2.07. The predicted octanol–water partition coefficient (Wildman–Crippen LogP) is 4.15. The minimum atomic E-state index is 0.442. The third kappa shape index (κ3) is 4.30. The maximum Gasteiger partial charge on any atom is 0.216 e. The minimum absolute atomic E-state index is 0.442. The number of benzene rings is 2. The SMILES string of the molecule is Cc1ccccc1-c1n[nH]c(=S)n1/N=C/c1ccc(N(C)CCC#N)cc1. The molecule has 1 heterocycles. The highest BCUT2D eigenvalue weighted by Crippen LogP contribution is 2.21. The lowest BCUT2D eigenvalue weighted by atomic mass is 10.1. The summed E-state index contributed by atoms with van der Waals surface area (Å²) in [6, 6.07) is 18.1. The number of hydrogen-bond donors (Lipinski definition) is 1. The molecule has 7 heteroatoms. The second kappa shape index (κ2) is 8.43. The average Bonchev–Trinajstić information content (AvgIpc) is 3.05. The molecule has 6 nitrogen and oxygen atoms in total. The van der Waals surface area contributed by atoms with E-state index in [9.17, 15) is 0 Å². The average molecular weight is 376 g/mol. The second-order valence-corrected chi connectivity index (χ2v) is 6.53. The lowest BCUT2D eigenvalue weighted by molar-refractivity contribution is 0.870. The van der Waals surface area contributed by atoms with E-state index >= 15 is 0 Å². The van der Waals surface area contributed by atoms with E-state index in [-0.39, 0.29) is 0 Å². The summed E-state index contributed by atoms with van der Waals surface area (Å²) in [5, 5.41) is 20.3. The molecule has 0 bridgehead atoms. The molecule has 0 aliphatic carbocycles. The first kappa shape index (κ1) is 18.5. The molecule has 1 aromatic heterocycles. The molecule has 0 spiro atoms. The number of nitrogens with one attached hydrogen (secondary N) is 1. The quantitative estimate of drug-likeness (QED) is 0.518. The van der Waals surface area contributed by atoms with Gasteiger partial charge in [0.1, 0.15) is 0 Å². The first-order valence-electron chi connectivity index (χ1n) is 8.56. The van der Waals surface area contributed by atoms with Crippen LogP contribution in [0.1, 0.15) is 17.5 Å². The van der Waals surface area contributed by atoms with Crippen molar-refractivity contribution < 1.29 is 0 Å². The summed E-state index contributed by atoms with van der Waals surface area (Å²) in [5.41, 5.74) is 4.10. The molecule has 3 rings (SSSR count). The number of anilines is 1. The molecule has 3 aromatic rings. The van der Waals surface area contributed by atoms with Gasteiger partial charge in [-0.15, -0.1) is 0 Å². The fourth-order valence-electron chi connectivity index (χ4n) is 2.68. The molecule has 0 saturated carbocycles. The predicted molar refractivity (Wildman–Crippen MR) is 111 cm³/mol. The van der Waals surface area contributed by atoms with Crippen LogP contribution in [0, 0.1) is 23.0 Å². The number of aromatic nitrogens is 3. The highest BCUT2D eigenvalue weighted by atomic mass is 32.1. The number of nitrogens with zero attached hydrogens (tertiary/aromatic N) is 5. The standard InChI is InChI=1S/C20H20N6S/c1-15-6-3-4-7-18(15)19-23-24-20(27)26(19)22-14-16-8-10-17(11-9-16)25(2)13-5-12-21/h3-4,6-11,14H,5,13H2,1-2H3,(H,24,27)/b22-14+. The zero-order chi connectivity index (χ0) is 19.2. The van der Waals surface area contributed by atoms with Gasteiger partial charge < -0.3 is 4.90 Å². The first-order chi connectivity index (χ1) is 13.1. The van der Waals surface area contributed by atoms with Crippen molar-refractivity contribution in [2.24, 2.45) is 5.10 Å². The van der Waals surface area contributed by atoms with Gasteiger partial charge in [-0.2, -0.15) is 20.1 Å². The van der Waals surface area contributed by atoms with Crippen molar-refractivity contribution in [3.05, 3.63) is 64.4 Å². The molecule has 0 atom stereocenters. The van der Waals surface area contributed by atoms with Crippen LogP contribution in [0.2, 0.25) is 0 Å². The molecule has 27 heavy (non-hydrogen) atoms. The number of aromatic amines is 1. The van der Waals surface area contributed by atoms with E-state index in [1.54, 1.807) is 10.9 Å². The van der Waals surface area contributed by atoms with Crippen LogP contribution in [-0.4, -0.2) is 34.7 Å². The van der Waals surface area contributed by atoms with Gasteiger partial charge in [0.25, 0.3) is 0 Å². The molecule has 0 amide bonds. The Morgan fingerprint density at radius 2 is 2.00 bits per heavy atom. The Morgan fingerprint density at radius 1 is 1.26 bits per heavy atom. The molecular formula is C20H20N6S. The van der Waals surface area contributed by atoms with Gasteiger partial charge in [-0.3, -0.25) is 0 Å². The van der Waals surface area contributed by atoms with Crippen molar-refractivity contribution >= 4 is 24.1 Å².